The van der Waals surface area contributed by atoms with Gasteiger partial charge in [0.15, 0.2) is 6.61 Å². The van der Waals surface area contributed by atoms with Gasteiger partial charge in [-0.3, -0.25) is 9.59 Å². The highest BCUT2D eigenvalue weighted by Crippen LogP contribution is 2.31. The zero-order chi connectivity index (χ0) is 21.0. The molecule has 7 heteroatoms. The van der Waals surface area contributed by atoms with Crippen molar-refractivity contribution in [1.82, 2.24) is 4.90 Å². The van der Waals surface area contributed by atoms with Crippen LogP contribution in [0.4, 0.5) is 5.69 Å². The number of amides is 2. The van der Waals surface area contributed by atoms with Crippen LogP contribution < -0.4 is 5.32 Å². The lowest BCUT2D eigenvalue weighted by Gasteiger charge is -2.19. The first-order valence-electron chi connectivity index (χ1n) is 9.37. The van der Waals surface area contributed by atoms with Crippen LogP contribution in [0.3, 0.4) is 0 Å². The molecule has 0 aliphatic carbocycles. The van der Waals surface area contributed by atoms with Crippen LogP contribution in [-0.2, 0) is 20.9 Å². The molecule has 1 aliphatic heterocycles. The van der Waals surface area contributed by atoms with Crippen LogP contribution >= 0.6 is 11.8 Å². The summed E-state index contributed by atoms with van der Waals surface area (Å²) in [6.45, 7) is 4.15. The average molecular weight is 413 g/mol. The van der Waals surface area contributed by atoms with Crippen molar-refractivity contribution in [2.75, 3.05) is 24.7 Å². The second kappa shape index (κ2) is 9.13. The highest BCUT2D eigenvalue weighted by Gasteiger charge is 2.18. The summed E-state index contributed by atoms with van der Waals surface area (Å²) in [4.78, 5) is 38.9. The van der Waals surface area contributed by atoms with E-state index in [-0.39, 0.29) is 18.4 Å². The average Bonchev–Trinajstić information content (AvgIpc) is 2.87. The van der Waals surface area contributed by atoms with Crippen molar-refractivity contribution in [3.63, 3.8) is 0 Å². The molecule has 0 bridgehead atoms. The van der Waals surface area contributed by atoms with Crippen molar-refractivity contribution in [2.24, 2.45) is 0 Å². The van der Waals surface area contributed by atoms with Gasteiger partial charge in [0.25, 0.3) is 5.91 Å². The number of nitrogens with one attached hydrogen (secondary N) is 1. The summed E-state index contributed by atoms with van der Waals surface area (Å²) in [6, 6.07) is 11.1. The van der Waals surface area contributed by atoms with E-state index in [9.17, 15) is 14.4 Å². The Morgan fingerprint density at radius 1 is 1.17 bits per heavy atom. The molecular formula is C22H24N2O4S. The molecule has 152 valence electrons. The fraction of sp³-hybridized carbons (Fsp3) is 0.318. The Hall–Kier alpha value is -2.80. The number of thioether (sulfide) groups is 1. The van der Waals surface area contributed by atoms with Crippen molar-refractivity contribution < 1.29 is 19.1 Å². The van der Waals surface area contributed by atoms with E-state index in [2.05, 4.69) is 11.4 Å². The second-order valence-electron chi connectivity index (χ2n) is 7.11. The molecule has 0 unspecified atom stereocenters. The molecule has 1 aliphatic rings. The molecule has 0 spiro atoms. The SMILES string of the molecule is Cc1ccc(CN(C)C(=O)COC(=O)c2ccc3c(c2)NC(=O)CCS3)c(C)c1. The van der Waals surface area contributed by atoms with Gasteiger partial charge in [0.05, 0.1) is 11.3 Å². The third-order valence-electron chi connectivity index (χ3n) is 4.73. The van der Waals surface area contributed by atoms with E-state index in [0.29, 0.717) is 30.0 Å². The van der Waals surface area contributed by atoms with E-state index in [4.69, 9.17) is 4.74 Å². The molecule has 6 nitrogen and oxygen atoms in total. The van der Waals surface area contributed by atoms with Crippen LogP contribution in [-0.4, -0.2) is 42.1 Å². The van der Waals surface area contributed by atoms with Crippen LogP contribution in [0, 0.1) is 13.8 Å². The minimum atomic E-state index is -0.593. The Bertz CT molecular complexity index is 958. The Labute approximate surface area is 174 Å². The van der Waals surface area contributed by atoms with E-state index >= 15 is 0 Å². The highest BCUT2D eigenvalue weighted by molar-refractivity contribution is 7.99. The summed E-state index contributed by atoms with van der Waals surface area (Å²) in [5, 5.41) is 2.79. The number of ether oxygens (including phenoxy) is 1. The first-order valence-corrected chi connectivity index (χ1v) is 10.4. The lowest BCUT2D eigenvalue weighted by Crippen LogP contribution is -2.31. The summed E-state index contributed by atoms with van der Waals surface area (Å²) in [5.41, 5.74) is 4.24. The molecule has 1 heterocycles. The molecule has 2 aromatic carbocycles. The fourth-order valence-corrected chi connectivity index (χ4v) is 3.97. The molecule has 0 aromatic heterocycles. The molecule has 1 N–H and O–H groups in total. The maximum Gasteiger partial charge on any atom is 0.338 e. The van der Waals surface area contributed by atoms with Gasteiger partial charge in [-0.1, -0.05) is 23.8 Å². The topological polar surface area (TPSA) is 75.7 Å². The van der Waals surface area contributed by atoms with E-state index in [1.807, 2.05) is 26.0 Å². The quantitative estimate of drug-likeness (QED) is 0.760. The second-order valence-corrected chi connectivity index (χ2v) is 8.25. The summed E-state index contributed by atoms with van der Waals surface area (Å²) in [5.74, 6) is -0.254. The first-order chi connectivity index (χ1) is 13.8. The molecule has 2 amide bonds. The molecule has 29 heavy (non-hydrogen) atoms. The minimum Gasteiger partial charge on any atom is -0.452 e. The maximum atomic E-state index is 12.4. The predicted molar refractivity (Wildman–Crippen MR) is 113 cm³/mol. The van der Waals surface area contributed by atoms with E-state index in [0.717, 1.165) is 16.0 Å². The number of hydrogen-bond donors (Lipinski definition) is 1. The number of rotatable bonds is 5. The van der Waals surface area contributed by atoms with Crippen molar-refractivity contribution in [3.8, 4) is 0 Å². The van der Waals surface area contributed by atoms with Gasteiger partial charge in [0, 0.05) is 30.7 Å². The zero-order valence-electron chi connectivity index (χ0n) is 16.8. The summed E-state index contributed by atoms with van der Waals surface area (Å²) in [7, 11) is 1.69. The summed E-state index contributed by atoms with van der Waals surface area (Å²) >= 11 is 1.56. The number of aryl methyl sites for hydroxylation is 2. The number of carbonyl (C=O) groups is 3. The van der Waals surface area contributed by atoms with Crippen molar-refractivity contribution in [1.29, 1.82) is 0 Å². The third kappa shape index (κ3) is 5.38. The number of benzene rings is 2. The van der Waals surface area contributed by atoms with Crippen molar-refractivity contribution in [2.45, 2.75) is 31.7 Å². The normalized spacial score (nSPS) is 13.1. The van der Waals surface area contributed by atoms with Crippen LogP contribution in [0.25, 0.3) is 0 Å². The van der Waals surface area contributed by atoms with E-state index in [1.165, 1.54) is 5.56 Å². The monoisotopic (exact) mass is 412 g/mol. The third-order valence-corrected chi connectivity index (χ3v) is 5.81. The zero-order valence-corrected chi connectivity index (χ0v) is 17.6. The van der Waals surface area contributed by atoms with Gasteiger partial charge in [-0.05, 0) is 43.2 Å². The number of fused-ring (bicyclic) bond motifs is 1. The molecule has 0 radical (unpaired) electrons. The van der Waals surface area contributed by atoms with Crippen LogP contribution in [0.15, 0.2) is 41.3 Å². The first kappa shape index (κ1) is 20.9. The molecule has 0 fully saturated rings. The number of anilines is 1. The molecule has 2 aromatic rings. The Kier molecular flexibility index (Phi) is 6.59. The van der Waals surface area contributed by atoms with Crippen LogP contribution in [0.1, 0.15) is 33.5 Å². The highest BCUT2D eigenvalue weighted by atomic mass is 32.2. The summed E-state index contributed by atoms with van der Waals surface area (Å²) < 4.78 is 5.20. The predicted octanol–water partition coefficient (Wildman–Crippen LogP) is 3.55. The lowest BCUT2D eigenvalue weighted by atomic mass is 10.1. The summed E-state index contributed by atoms with van der Waals surface area (Å²) in [6.07, 6.45) is 0.431. The molecule has 3 rings (SSSR count). The van der Waals surface area contributed by atoms with Gasteiger partial charge in [-0.25, -0.2) is 4.79 Å². The van der Waals surface area contributed by atoms with Gasteiger partial charge < -0.3 is 15.0 Å². The van der Waals surface area contributed by atoms with E-state index < -0.39 is 5.97 Å². The van der Waals surface area contributed by atoms with Crippen molar-refractivity contribution in [3.05, 3.63) is 58.7 Å². The minimum absolute atomic E-state index is 0.0787. The standard InChI is InChI=1S/C22H24N2O4S/c1-14-4-5-17(15(2)10-14)12-24(3)21(26)13-28-22(27)16-6-7-19-18(11-16)23-20(25)8-9-29-19/h4-7,10-11H,8-9,12-13H2,1-3H3,(H,23,25). The number of nitrogens with zero attached hydrogens (tertiary/aromatic N) is 1. The van der Waals surface area contributed by atoms with E-state index in [1.54, 1.807) is 41.9 Å². The maximum absolute atomic E-state index is 12.4. The smallest absolute Gasteiger partial charge is 0.338 e. The van der Waals surface area contributed by atoms with Gasteiger partial charge in [-0.15, -0.1) is 11.8 Å². The van der Waals surface area contributed by atoms with Crippen LogP contribution in [0.2, 0.25) is 0 Å². The Morgan fingerprint density at radius 3 is 2.72 bits per heavy atom. The van der Waals surface area contributed by atoms with Crippen molar-refractivity contribution >= 4 is 35.2 Å². The fourth-order valence-electron chi connectivity index (χ4n) is 3.03. The van der Waals surface area contributed by atoms with Crippen LogP contribution in [0.5, 0.6) is 0 Å². The largest absolute Gasteiger partial charge is 0.452 e. The van der Waals surface area contributed by atoms with Gasteiger partial charge in [0.2, 0.25) is 5.91 Å². The number of likely N-dealkylation sites (N-methyl/N-ethyl adjacent to an activating group) is 1. The number of carbonyl (C=O) groups excluding carboxylic acids is 3. The number of esters is 1. The Morgan fingerprint density at radius 2 is 1.97 bits per heavy atom. The molecular weight excluding hydrogens is 388 g/mol. The van der Waals surface area contributed by atoms with Gasteiger partial charge in [0.1, 0.15) is 0 Å². The molecule has 0 saturated heterocycles. The van der Waals surface area contributed by atoms with Gasteiger partial charge >= 0.3 is 5.97 Å². The molecule has 0 saturated carbocycles. The lowest BCUT2D eigenvalue weighted by molar-refractivity contribution is -0.133. The van der Waals surface area contributed by atoms with Gasteiger partial charge in [-0.2, -0.15) is 0 Å². The Balaban J connectivity index is 1.58. The number of hydrogen-bond acceptors (Lipinski definition) is 5. The molecule has 0 atom stereocenters.